The maximum Gasteiger partial charge on any atom is 0.0356 e. The number of nitrogens with one attached hydrogen (secondary N) is 1. The molecule has 2 heteroatoms. The zero-order valence-corrected chi connectivity index (χ0v) is 10.7. The summed E-state index contributed by atoms with van der Waals surface area (Å²) in [4.78, 5) is 0. The third-order valence-corrected chi connectivity index (χ3v) is 3.58. The second kappa shape index (κ2) is 4.85. The Morgan fingerprint density at radius 1 is 1.43 bits per heavy atom. The van der Waals surface area contributed by atoms with Crippen molar-refractivity contribution in [3.63, 3.8) is 0 Å². The van der Waals surface area contributed by atoms with Gasteiger partial charge in [0.05, 0.1) is 0 Å². The van der Waals surface area contributed by atoms with E-state index >= 15 is 0 Å². The van der Waals surface area contributed by atoms with Crippen molar-refractivity contribution in [2.75, 3.05) is 0 Å². The van der Waals surface area contributed by atoms with Gasteiger partial charge in [-0.25, -0.2) is 0 Å². The summed E-state index contributed by atoms with van der Waals surface area (Å²) in [6.07, 6.45) is 4.76. The van der Waals surface area contributed by atoms with Crippen LogP contribution in [0, 0.1) is 5.41 Å². The average Bonchev–Trinajstić information content (AvgIpc) is 1.99. The minimum atomic E-state index is 0.361. The van der Waals surface area contributed by atoms with Crippen LogP contribution < -0.4 is 5.32 Å². The molecule has 0 saturated heterocycles. The molecule has 14 heavy (non-hydrogen) atoms. The van der Waals surface area contributed by atoms with Crippen molar-refractivity contribution in [3.8, 4) is 0 Å². The monoisotopic (exact) mass is 217 g/mol. The van der Waals surface area contributed by atoms with Gasteiger partial charge in [-0.2, -0.15) is 0 Å². The van der Waals surface area contributed by atoms with Gasteiger partial charge in [0, 0.05) is 17.5 Å². The quantitative estimate of drug-likeness (QED) is 0.713. The van der Waals surface area contributed by atoms with Crippen LogP contribution in [0.1, 0.15) is 53.4 Å². The molecule has 1 aliphatic carbocycles. The molecule has 0 aromatic rings. The van der Waals surface area contributed by atoms with Crippen molar-refractivity contribution in [1.82, 2.24) is 5.32 Å². The van der Waals surface area contributed by atoms with Crippen molar-refractivity contribution in [1.29, 1.82) is 0 Å². The Kier molecular flexibility index (Phi) is 4.27. The second-order valence-electron chi connectivity index (χ2n) is 5.58. The molecule has 84 valence electrons. The number of alkyl halides is 1. The fraction of sp³-hybridized carbons (Fsp3) is 1.00. The number of rotatable bonds is 3. The fourth-order valence-electron chi connectivity index (χ4n) is 2.47. The normalized spacial score (nSPS) is 34.1. The van der Waals surface area contributed by atoms with Gasteiger partial charge < -0.3 is 5.32 Å². The predicted molar refractivity (Wildman–Crippen MR) is 63.9 cm³/mol. The maximum absolute atomic E-state index is 6.28. The van der Waals surface area contributed by atoms with Gasteiger partial charge in [0.25, 0.3) is 0 Å². The van der Waals surface area contributed by atoms with E-state index in [1.165, 1.54) is 12.8 Å². The van der Waals surface area contributed by atoms with Crippen LogP contribution in [-0.2, 0) is 0 Å². The molecule has 3 unspecified atom stereocenters. The molecule has 0 aliphatic heterocycles. The molecule has 3 atom stereocenters. The van der Waals surface area contributed by atoms with Crippen LogP contribution >= 0.6 is 11.6 Å². The number of halogens is 1. The summed E-state index contributed by atoms with van der Waals surface area (Å²) in [5.41, 5.74) is 0.412. The molecule has 0 bridgehead atoms. The van der Waals surface area contributed by atoms with Gasteiger partial charge in [0.2, 0.25) is 0 Å². The molecule has 1 aliphatic rings. The van der Waals surface area contributed by atoms with Crippen molar-refractivity contribution in [2.24, 2.45) is 5.41 Å². The van der Waals surface area contributed by atoms with Crippen LogP contribution in [-0.4, -0.2) is 17.5 Å². The molecular formula is C12H24ClN. The lowest BCUT2D eigenvalue weighted by Crippen LogP contribution is -2.44. The van der Waals surface area contributed by atoms with Crippen LogP contribution in [0.25, 0.3) is 0 Å². The minimum absolute atomic E-state index is 0.361. The Bertz CT molecular complexity index is 179. The van der Waals surface area contributed by atoms with E-state index in [0.717, 1.165) is 12.8 Å². The first-order chi connectivity index (χ1) is 6.43. The molecule has 1 N–H and O–H groups in total. The van der Waals surface area contributed by atoms with E-state index in [1.807, 2.05) is 0 Å². The molecular weight excluding hydrogens is 194 g/mol. The summed E-state index contributed by atoms with van der Waals surface area (Å²) in [5, 5.41) is 4.03. The van der Waals surface area contributed by atoms with E-state index in [-0.39, 0.29) is 0 Å². The Morgan fingerprint density at radius 2 is 2.07 bits per heavy atom. The smallest absolute Gasteiger partial charge is 0.0356 e. The van der Waals surface area contributed by atoms with E-state index < -0.39 is 0 Å². The van der Waals surface area contributed by atoms with Crippen molar-refractivity contribution >= 4 is 11.6 Å². The predicted octanol–water partition coefficient (Wildman–Crippen LogP) is 3.56. The molecule has 0 heterocycles. The molecule has 1 nitrogen and oxygen atoms in total. The largest absolute Gasteiger partial charge is 0.311 e. The van der Waals surface area contributed by atoms with Gasteiger partial charge in [-0.3, -0.25) is 0 Å². The summed E-state index contributed by atoms with van der Waals surface area (Å²) < 4.78 is 0. The molecule has 0 aromatic carbocycles. The molecule has 1 saturated carbocycles. The third-order valence-electron chi connectivity index (χ3n) is 3.25. The van der Waals surface area contributed by atoms with Crippen LogP contribution in [0.2, 0.25) is 0 Å². The van der Waals surface area contributed by atoms with Gasteiger partial charge in [-0.05, 0) is 38.0 Å². The fourth-order valence-corrected chi connectivity index (χ4v) is 3.11. The lowest BCUT2D eigenvalue weighted by molar-refractivity contribution is 0.193. The van der Waals surface area contributed by atoms with Crippen LogP contribution in [0.4, 0.5) is 0 Å². The molecule has 1 rings (SSSR count). The first-order valence-corrected chi connectivity index (χ1v) is 6.26. The van der Waals surface area contributed by atoms with Crippen LogP contribution in [0.3, 0.4) is 0 Å². The highest BCUT2D eigenvalue weighted by Crippen LogP contribution is 2.37. The summed E-state index contributed by atoms with van der Waals surface area (Å²) in [6, 6.07) is 1.24. The number of hydrogen-bond donors (Lipinski definition) is 1. The zero-order chi connectivity index (χ0) is 10.8. The molecule has 0 radical (unpaired) electrons. The third kappa shape index (κ3) is 3.78. The summed E-state index contributed by atoms with van der Waals surface area (Å²) in [5.74, 6) is 0. The zero-order valence-electron chi connectivity index (χ0n) is 9.94. The van der Waals surface area contributed by atoms with E-state index in [2.05, 4.69) is 33.0 Å². The van der Waals surface area contributed by atoms with Crippen molar-refractivity contribution < 1.29 is 0 Å². The van der Waals surface area contributed by atoms with Gasteiger partial charge in [-0.15, -0.1) is 11.6 Å². The molecule has 0 amide bonds. The van der Waals surface area contributed by atoms with Gasteiger partial charge in [0.15, 0.2) is 0 Å². The average molecular weight is 218 g/mol. The lowest BCUT2D eigenvalue weighted by Gasteiger charge is -2.39. The lowest BCUT2D eigenvalue weighted by atomic mass is 9.74. The van der Waals surface area contributed by atoms with Gasteiger partial charge in [0.1, 0.15) is 0 Å². The summed E-state index contributed by atoms with van der Waals surface area (Å²) >= 11 is 6.28. The van der Waals surface area contributed by atoms with E-state index in [4.69, 9.17) is 11.6 Å². The van der Waals surface area contributed by atoms with E-state index in [0.29, 0.717) is 22.9 Å². The number of hydrogen-bond acceptors (Lipinski definition) is 1. The summed E-state index contributed by atoms with van der Waals surface area (Å²) in [7, 11) is 0. The first-order valence-electron chi connectivity index (χ1n) is 5.83. The van der Waals surface area contributed by atoms with Crippen molar-refractivity contribution in [2.45, 2.75) is 70.8 Å². The first kappa shape index (κ1) is 12.3. The maximum atomic E-state index is 6.28. The SMILES string of the molecule is CCC(C)NC1CC(Cl)CC(C)(C)C1. The van der Waals surface area contributed by atoms with Crippen LogP contribution in [0.5, 0.6) is 0 Å². The van der Waals surface area contributed by atoms with Crippen molar-refractivity contribution in [3.05, 3.63) is 0 Å². The minimum Gasteiger partial charge on any atom is -0.311 e. The van der Waals surface area contributed by atoms with E-state index in [1.54, 1.807) is 0 Å². The molecule has 1 fully saturated rings. The Balaban J connectivity index is 2.45. The van der Waals surface area contributed by atoms with Crippen LogP contribution in [0.15, 0.2) is 0 Å². The molecule has 0 aromatic heterocycles. The highest BCUT2D eigenvalue weighted by molar-refractivity contribution is 6.20. The van der Waals surface area contributed by atoms with Gasteiger partial charge in [-0.1, -0.05) is 20.8 Å². The highest BCUT2D eigenvalue weighted by atomic mass is 35.5. The Morgan fingerprint density at radius 3 is 2.57 bits per heavy atom. The second-order valence-corrected chi connectivity index (χ2v) is 6.20. The summed E-state index contributed by atoms with van der Waals surface area (Å²) in [6.45, 7) is 9.13. The topological polar surface area (TPSA) is 12.0 Å². The molecule has 0 spiro atoms. The van der Waals surface area contributed by atoms with Gasteiger partial charge >= 0.3 is 0 Å². The Labute approximate surface area is 93.6 Å². The van der Waals surface area contributed by atoms with E-state index in [9.17, 15) is 0 Å². The highest BCUT2D eigenvalue weighted by Gasteiger charge is 2.33. The standard InChI is InChI=1S/C12H24ClN/c1-5-9(2)14-11-6-10(13)7-12(3,4)8-11/h9-11,14H,5-8H2,1-4H3. The Hall–Kier alpha value is 0.250.